The molecule has 1 saturated heterocycles. The molecule has 4 heterocycles. The van der Waals surface area contributed by atoms with Gasteiger partial charge >= 0.3 is 0 Å². The third-order valence-corrected chi connectivity index (χ3v) is 6.11. The van der Waals surface area contributed by atoms with Crippen LogP contribution in [0.1, 0.15) is 50.0 Å². The number of amides is 1. The Morgan fingerprint density at radius 1 is 1.32 bits per heavy atom. The topological polar surface area (TPSA) is 111 Å². The number of nitrogens with one attached hydrogen (secondary N) is 1. The fourth-order valence-corrected chi connectivity index (χ4v) is 4.32. The number of ketones is 1. The number of anilines is 1. The highest BCUT2D eigenvalue weighted by molar-refractivity contribution is 5.94. The second kappa shape index (κ2) is 9.23. The van der Waals surface area contributed by atoms with E-state index in [1.54, 1.807) is 17.9 Å². The van der Waals surface area contributed by atoms with Crippen LogP contribution in [-0.4, -0.2) is 87.1 Å². The first-order chi connectivity index (χ1) is 14.9. The summed E-state index contributed by atoms with van der Waals surface area (Å²) in [7, 11) is 0. The van der Waals surface area contributed by atoms with Crippen molar-refractivity contribution in [2.75, 3.05) is 38.0 Å². The van der Waals surface area contributed by atoms with Crippen molar-refractivity contribution in [2.45, 2.75) is 51.7 Å². The van der Waals surface area contributed by atoms with Gasteiger partial charge in [-0.2, -0.15) is 0 Å². The minimum Gasteiger partial charge on any atom is -0.392 e. The Morgan fingerprint density at radius 3 is 2.90 bits per heavy atom. The molecular formula is C22H30N6O3. The average molecular weight is 427 g/mol. The van der Waals surface area contributed by atoms with E-state index in [2.05, 4.69) is 32.1 Å². The Hall–Kier alpha value is -2.65. The molecular weight excluding hydrogens is 396 g/mol. The number of likely N-dealkylation sites (tertiary alicyclic amines) is 1. The summed E-state index contributed by atoms with van der Waals surface area (Å²) < 4.78 is 0. The highest BCUT2D eigenvalue weighted by atomic mass is 16.3. The lowest BCUT2D eigenvalue weighted by Crippen LogP contribution is -2.56. The SMILES string of the molecule is CC(=O)N1CC(Nc2cc(C(=O)CC[C@H](O)CN3CCC4=C(C3)N=C(C)C4)ncn2)C1. The lowest BCUT2D eigenvalue weighted by molar-refractivity contribution is -0.132. The van der Waals surface area contributed by atoms with Gasteiger partial charge in [0.05, 0.1) is 17.8 Å². The molecule has 4 rings (SSSR count). The van der Waals surface area contributed by atoms with Crippen LogP contribution in [0, 0.1) is 0 Å². The van der Waals surface area contributed by atoms with Gasteiger partial charge in [0.25, 0.3) is 0 Å². The third-order valence-electron chi connectivity index (χ3n) is 6.11. The molecule has 166 valence electrons. The van der Waals surface area contributed by atoms with E-state index in [4.69, 9.17) is 0 Å². The number of aliphatic hydroxyl groups is 1. The number of rotatable bonds is 8. The monoisotopic (exact) mass is 426 g/mol. The van der Waals surface area contributed by atoms with E-state index in [-0.39, 0.29) is 24.2 Å². The van der Waals surface area contributed by atoms with E-state index in [1.165, 1.54) is 17.6 Å². The van der Waals surface area contributed by atoms with Gasteiger partial charge in [0.1, 0.15) is 17.8 Å². The van der Waals surface area contributed by atoms with Crippen LogP contribution >= 0.6 is 0 Å². The first kappa shape index (κ1) is 21.6. The number of Topliss-reactive ketones (excluding diaryl/α,β-unsaturated/α-hetero) is 1. The molecule has 0 radical (unpaired) electrons. The number of aliphatic hydroxyl groups excluding tert-OH is 1. The number of aromatic nitrogens is 2. The second-order valence-corrected chi connectivity index (χ2v) is 8.73. The smallest absolute Gasteiger partial charge is 0.219 e. The van der Waals surface area contributed by atoms with E-state index in [0.717, 1.165) is 31.6 Å². The first-order valence-electron chi connectivity index (χ1n) is 10.9. The highest BCUT2D eigenvalue weighted by Gasteiger charge is 2.29. The molecule has 0 aromatic carbocycles. The van der Waals surface area contributed by atoms with Gasteiger partial charge in [-0.05, 0) is 25.3 Å². The molecule has 0 bridgehead atoms. The maximum Gasteiger partial charge on any atom is 0.219 e. The zero-order valence-corrected chi connectivity index (χ0v) is 18.2. The summed E-state index contributed by atoms with van der Waals surface area (Å²) in [5.74, 6) is 0.531. The predicted molar refractivity (Wildman–Crippen MR) is 117 cm³/mol. The molecule has 0 unspecified atom stereocenters. The van der Waals surface area contributed by atoms with Gasteiger partial charge in [-0.3, -0.25) is 19.5 Å². The number of carbonyl (C=O) groups is 2. The van der Waals surface area contributed by atoms with Crippen LogP contribution in [-0.2, 0) is 4.79 Å². The summed E-state index contributed by atoms with van der Waals surface area (Å²) in [4.78, 5) is 40.7. The number of nitrogens with zero attached hydrogens (tertiary/aromatic N) is 5. The van der Waals surface area contributed by atoms with Gasteiger partial charge in [-0.1, -0.05) is 0 Å². The zero-order valence-electron chi connectivity index (χ0n) is 18.2. The van der Waals surface area contributed by atoms with Crippen LogP contribution in [0.15, 0.2) is 28.7 Å². The normalized spacial score (nSPS) is 20.2. The average Bonchev–Trinajstić information content (AvgIpc) is 3.07. The lowest BCUT2D eigenvalue weighted by Gasteiger charge is -2.39. The third kappa shape index (κ3) is 5.34. The molecule has 1 aromatic heterocycles. The van der Waals surface area contributed by atoms with Crippen LogP contribution in [0.2, 0.25) is 0 Å². The maximum atomic E-state index is 12.6. The van der Waals surface area contributed by atoms with Crippen molar-refractivity contribution >= 4 is 23.2 Å². The molecule has 3 aliphatic rings. The van der Waals surface area contributed by atoms with Crippen molar-refractivity contribution in [3.63, 3.8) is 0 Å². The number of carbonyl (C=O) groups excluding carboxylic acids is 2. The molecule has 3 aliphatic heterocycles. The number of hydrogen-bond acceptors (Lipinski definition) is 8. The molecule has 2 N–H and O–H groups in total. The predicted octanol–water partition coefficient (Wildman–Crippen LogP) is 1.27. The second-order valence-electron chi connectivity index (χ2n) is 8.73. The Balaban J connectivity index is 1.22. The maximum absolute atomic E-state index is 12.6. The molecule has 9 heteroatoms. The van der Waals surface area contributed by atoms with E-state index in [0.29, 0.717) is 37.6 Å². The number of hydrogen-bond donors (Lipinski definition) is 2. The Labute approximate surface area is 182 Å². The Morgan fingerprint density at radius 2 is 2.13 bits per heavy atom. The van der Waals surface area contributed by atoms with E-state index in [1.807, 2.05) is 0 Å². The van der Waals surface area contributed by atoms with Gasteiger partial charge in [0, 0.05) is 64.3 Å². The fraction of sp³-hybridized carbons (Fsp3) is 0.591. The van der Waals surface area contributed by atoms with Crippen molar-refractivity contribution < 1.29 is 14.7 Å². The minimum absolute atomic E-state index is 0.0583. The van der Waals surface area contributed by atoms with Crippen LogP contribution in [0.25, 0.3) is 0 Å². The van der Waals surface area contributed by atoms with Gasteiger partial charge in [0.2, 0.25) is 5.91 Å². The molecule has 0 saturated carbocycles. The Bertz CT molecular complexity index is 922. The molecule has 1 amide bonds. The van der Waals surface area contributed by atoms with Crippen molar-refractivity contribution in [3.05, 3.63) is 29.4 Å². The quantitative estimate of drug-likeness (QED) is 0.602. The highest BCUT2D eigenvalue weighted by Crippen LogP contribution is 2.27. The van der Waals surface area contributed by atoms with Gasteiger partial charge in [0.15, 0.2) is 5.78 Å². The number of β-amino-alcohol motifs (C(OH)–C–C–N with tert-alkyl or cyclic N) is 1. The van der Waals surface area contributed by atoms with Gasteiger partial charge in [-0.25, -0.2) is 9.97 Å². The van der Waals surface area contributed by atoms with E-state index < -0.39 is 6.10 Å². The van der Waals surface area contributed by atoms with Crippen molar-refractivity contribution in [3.8, 4) is 0 Å². The fourth-order valence-electron chi connectivity index (χ4n) is 4.32. The van der Waals surface area contributed by atoms with Crippen molar-refractivity contribution in [2.24, 2.45) is 4.99 Å². The summed E-state index contributed by atoms with van der Waals surface area (Å²) in [6.45, 7) is 7.13. The van der Waals surface area contributed by atoms with Crippen LogP contribution < -0.4 is 5.32 Å². The summed E-state index contributed by atoms with van der Waals surface area (Å²) >= 11 is 0. The molecule has 1 atom stereocenters. The number of aliphatic imine (C=N–C) groups is 1. The summed E-state index contributed by atoms with van der Waals surface area (Å²) in [5.41, 5.74) is 4.11. The largest absolute Gasteiger partial charge is 0.392 e. The molecule has 0 spiro atoms. The van der Waals surface area contributed by atoms with Crippen molar-refractivity contribution in [1.82, 2.24) is 19.8 Å². The molecule has 1 fully saturated rings. The summed E-state index contributed by atoms with van der Waals surface area (Å²) in [5, 5.41) is 13.7. The van der Waals surface area contributed by atoms with Gasteiger partial charge in [-0.15, -0.1) is 0 Å². The van der Waals surface area contributed by atoms with Gasteiger partial charge < -0.3 is 15.3 Å². The summed E-state index contributed by atoms with van der Waals surface area (Å²) in [6, 6.07) is 1.78. The molecule has 0 aliphatic carbocycles. The minimum atomic E-state index is -0.565. The Kier molecular flexibility index (Phi) is 6.43. The van der Waals surface area contributed by atoms with E-state index in [9.17, 15) is 14.7 Å². The summed E-state index contributed by atoms with van der Waals surface area (Å²) in [6.07, 6.45) is 3.43. The molecule has 31 heavy (non-hydrogen) atoms. The van der Waals surface area contributed by atoms with Crippen LogP contribution in [0.5, 0.6) is 0 Å². The van der Waals surface area contributed by atoms with Crippen LogP contribution in [0.4, 0.5) is 5.82 Å². The molecule has 9 nitrogen and oxygen atoms in total. The molecule has 1 aromatic rings. The zero-order chi connectivity index (χ0) is 22.0. The lowest BCUT2D eigenvalue weighted by atomic mass is 10.0. The van der Waals surface area contributed by atoms with Crippen molar-refractivity contribution in [1.29, 1.82) is 0 Å². The van der Waals surface area contributed by atoms with Crippen LogP contribution in [0.3, 0.4) is 0 Å². The first-order valence-corrected chi connectivity index (χ1v) is 10.9. The van der Waals surface area contributed by atoms with E-state index >= 15 is 0 Å². The standard InChI is InChI=1S/C22H30N6O3/c1-14-7-16-5-6-27(12-20(16)25-14)11-18(30)3-4-21(31)19-8-22(24-13-23-19)26-17-9-28(10-17)15(2)29/h8,13,17-18,30H,3-7,9-12H2,1-2H3,(H,23,24,26)/t18-/m0/s1.